The average molecular weight is 324 g/mol. The first-order valence-corrected chi connectivity index (χ1v) is 7.79. The van der Waals surface area contributed by atoms with Crippen LogP contribution in [0.25, 0.3) is 0 Å². The fourth-order valence-corrected chi connectivity index (χ4v) is 3.02. The molecular formula is C19H20N2O3. The largest absolute Gasteiger partial charge is 0.493 e. The standard InChI is InChI=1S/C19H20N2O3/c1-13(22)21-17(12-16(20-21)14-8-5-4-6-9-14)15-10-7-11-18(23-2)19(15)24-3/h4-11,17H,12H2,1-3H3/t17-/m1/s1. The number of benzene rings is 2. The molecule has 1 amide bonds. The van der Waals surface area contributed by atoms with Gasteiger partial charge in [-0.2, -0.15) is 5.10 Å². The lowest BCUT2D eigenvalue weighted by Gasteiger charge is -2.23. The van der Waals surface area contributed by atoms with E-state index in [1.807, 2.05) is 48.5 Å². The van der Waals surface area contributed by atoms with Gasteiger partial charge in [0, 0.05) is 18.9 Å². The maximum Gasteiger partial charge on any atom is 0.240 e. The number of carbonyl (C=O) groups excluding carboxylic acids is 1. The first-order chi connectivity index (χ1) is 11.7. The molecule has 3 rings (SSSR count). The van der Waals surface area contributed by atoms with Gasteiger partial charge in [0.15, 0.2) is 11.5 Å². The van der Waals surface area contributed by atoms with Crippen LogP contribution in [-0.2, 0) is 4.79 Å². The van der Waals surface area contributed by atoms with E-state index in [1.165, 1.54) is 11.9 Å². The molecule has 0 fully saturated rings. The Morgan fingerprint density at radius 2 is 1.83 bits per heavy atom. The van der Waals surface area contributed by atoms with Crippen LogP contribution in [0.5, 0.6) is 11.5 Å². The highest BCUT2D eigenvalue weighted by Crippen LogP contribution is 2.41. The predicted molar refractivity (Wildman–Crippen MR) is 92.4 cm³/mol. The molecule has 1 aliphatic rings. The van der Waals surface area contributed by atoms with Gasteiger partial charge in [0.2, 0.25) is 5.91 Å². The molecule has 0 radical (unpaired) electrons. The zero-order valence-corrected chi connectivity index (χ0v) is 14.0. The van der Waals surface area contributed by atoms with Crippen molar-refractivity contribution < 1.29 is 14.3 Å². The Morgan fingerprint density at radius 3 is 2.46 bits per heavy atom. The Hall–Kier alpha value is -2.82. The summed E-state index contributed by atoms with van der Waals surface area (Å²) in [6.45, 7) is 1.52. The van der Waals surface area contributed by atoms with E-state index in [0.29, 0.717) is 17.9 Å². The lowest BCUT2D eigenvalue weighted by Crippen LogP contribution is -2.24. The quantitative estimate of drug-likeness (QED) is 0.866. The van der Waals surface area contributed by atoms with E-state index in [2.05, 4.69) is 5.10 Å². The average Bonchev–Trinajstić information content (AvgIpc) is 3.07. The van der Waals surface area contributed by atoms with Crippen molar-refractivity contribution in [2.75, 3.05) is 14.2 Å². The zero-order valence-electron chi connectivity index (χ0n) is 14.0. The number of hydrazone groups is 1. The predicted octanol–water partition coefficient (Wildman–Crippen LogP) is 3.40. The molecule has 24 heavy (non-hydrogen) atoms. The van der Waals surface area contributed by atoms with E-state index in [9.17, 15) is 4.79 Å². The molecular weight excluding hydrogens is 304 g/mol. The number of rotatable bonds is 4. The van der Waals surface area contributed by atoms with Crippen LogP contribution in [-0.4, -0.2) is 30.8 Å². The molecule has 0 saturated carbocycles. The number of ether oxygens (including phenoxy) is 2. The summed E-state index contributed by atoms with van der Waals surface area (Å²) >= 11 is 0. The minimum absolute atomic E-state index is 0.101. The Balaban J connectivity index is 2.02. The Labute approximate surface area is 141 Å². The summed E-state index contributed by atoms with van der Waals surface area (Å²) < 4.78 is 10.9. The third-order valence-corrected chi connectivity index (χ3v) is 4.13. The molecule has 0 spiro atoms. The maximum absolute atomic E-state index is 12.1. The van der Waals surface area contributed by atoms with Gasteiger partial charge in [0.1, 0.15) is 0 Å². The lowest BCUT2D eigenvalue weighted by atomic mass is 9.97. The van der Waals surface area contributed by atoms with Crippen molar-refractivity contribution in [3.05, 3.63) is 59.7 Å². The highest BCUT2D eigenvalue weighted by atomic mass is 16.5. The van der Waals surface area contributed by atoms with E-state index in [0.717, 1.165) is 16.8 Å². The highest BCUT2D eigenvalue weighted by molar-refractivity contribution is 6.03. The lowest BCUT2D eigenvalue weighted by molar-refractivity contribution is -0.130. The third-order valence-electron chi connectivity index (χ3n) is 4.13. The van der Waals surface area contributed by atoms with Crippen LogP contribution in [0.1, 0.15) is 30.5 Å². The summed E-state index contributed by atoms with van der Waals surface area (Å²) in [7, 11) is 3.21. The summed E-state index contributed by atoms with van der Waals surface area (Å²) in [6, 6.07) is 15.4. The summed E-state index contributed by atoms with van der Waals surface area (Å²) in [5.74, 6) is 1.18. The first kappa shape index (κ1) is 16.1. The topological polar surface area (TPSA) is 51.1 Å². The first-order valence-electron chi connectivity index (χ1n) is 7.79. The van der Waals surface area contributed by atoms with Crippen LogP contribution >= 0.6 is 0 Å². The molecule has 0 aliphatic carbocycles. The number of para-hydroxylation sites is 1. The Morgan fingerprint density at radius 1 is 1.08 bits per heavy atom. The van der Waals surface area contributed by atoms with Crippen molar-refractivity contribution in [2.45, 2.75) is 19.4 Å². The van der Waals surface area contributed by atoms with E-state index in [1.54, 1.807) is 14.2 Å². The van der Waals surface area contributed by atoms with Gasteiger partial charge in [-0.1, -0.05) is 42.5 Å². The molecule has 0 aromatic heterocycles. The normalized spacial score (nSPS) is 16.7. The van der Waals surface area contributed by atoms with E-state index < -0.39 is 0 Å². The van der Waals surface area contributed by atoms with Crippen LogP contribution in [0.2, 0.25) is 0 Å². The number of amides is 1. The van der Waals surface area contributed by atoms with Crippen molar-refractivity contribution in [3.63, 3.8) is 0 Å². The van der Waals surface area contributed by atoms with Gasteiger partial charge in [-0.25, -0.2) is 5.01 Å². The summed E-state index contributed by atoms with van der Waals surface area (Å²) in [5, 5.41) is 6.08. The molecule has 0 bridgehead atoms. The van der Waals surface area contributed by atoms with E-state index in [4.69, 9.17) is 9.47 Å². The van der Waals surface area contributed by atoms with Crippen molar-refractivity contribution in [3.8, 4) is 11.5 Å². The second kappa shape index (κ2) is 6.74. The molecule has 5 nitrogen and oxygen atoms in total. The van der Waals surface area contributed by atoms with Crippen LogP contribution in [0.15, 0.2) is 53.6 Å². The van der Waals surface area contributed by atoms with Crippen LogP contribution in [0.4, 0.5) is 0 Å². The molecule has 124 valence electrons. The maximum atomic E-state index is 12.1. The summed E-state index contributed by atoms with van der Waals surface area (Å²) in [4.78, 5) is 12.1. The Bertz CT molecular complexity index is 771. The monoisotopic (exact) mass is 324 g/mol. The van der Waals surface area contributed by atoms with Crippen LogP contribution < -0.4 is 9.47 Å². The van der Waals surface area contributed by atoms with Crippen molar-refractivity contribution >= 4 is 11.6 Å². The zero-order chi connectivity index (χ0) is 17.1. The summed E-state index contributed by atoms with van der Waals surface area (Å²) in [6.07, 6.45) is 0.632. The van der Waals surface area contributed by atoms with Gasteiger partial charge >= 0.3 is 0 Å². The van der Waals surface area contributed by atoms with Crippen molar-refractivity contribution in [1.29, 1.82) is 0 Å². The number of nitrogens with zero attached hydrogens (tertiary/aromatic N) is 2. The molecule has 2 aromatic rings. The summed E-state index contributed by atoms with van der Waals surface area (Å²) in [5.41, 5.74) is 2.80. The number of methoxy groups -OCH3 is 2. The molecule has 0 N–H and O–H groups in total. The minimum Gasteiger partial charge on any atom is -0.493 e. The molecule has 2 aromatic carbocycles. The third kappa shape index (κ3) is 2.85. The molecule has 1 atom stereocenters. The number of carbonyl (C=O) groups is 1. The second-order valence-electron chi connectivity index (χ2n) is 5.58. The molecule has 0 saturated heterocycles. The minimum atomic E-state index is -0.206. The molecule has 0 unspecified atom stereocenters. The Kier molecular flexibility index (Phi) is 4.51. The fraction of sp³-hybridized carbons (Fsp3) is 0.263. The van der Waals surface area contributed by atoms with Crippen molar-refractivity contribution in [2.24, 2.45) is 5.10 Å². The molecule has 1 aliphatic heterocycles. The van der Waals surface area contributed by atoms with Gasteiger partial charge in [0.25, 0.3) is 0 Å². The highest BCUT2D eigenvalue weighted by Gasteiger charge is 2.33. The number of hydrogen-bond donors (Lipinski definition) is 0. The van der Waals surface area contributed by atoms with Gasteiger partial charge in [-0.15, -0.1) is 0 Å². The SMILES string of the molecule is COc1cccc([C@H]2CC(c3ccccc3)=NN2C(C)=O)c1OC. The molecule has 5 heteroatoms. The van der Waals surface area contributed by atoms with Gasteiger partial charge in [-0.05, 0) is 11.6 Å². The van der Waals surface area contributed by atoms with Gasteiger partial charge in [0.05, 0.1) is 26.0 Å². The van der Waals surface area contributed by atoms with Gasteiger partial charge in [-0.3, -0.25) is 4.79 Å². The van der Waals surface area contributed by atoms with E-state index in [-0.39, 0.29) is 11.9 Å². The molecule has 1 heterocycles. The van der Waals surface area contributed by atoms with Crippen LogP contribution in [0, 0.1) is 0 Å². The smallest absolute Gasteiger partial charge is 0.240 e. The second-order valence-corrected chi connectivity index (χ2v) is 5.58. The number of hydrogen-bond acceptors (Lipinski definition) is 4. The van der Waals surface area contributed by atoms with Crippen molar-refractivity contribution in [1.82, 2.24) is 5.01 Å². The van der Waals surface area contributed by atoms with Crippen LogP contribution in [0.3, 0.4) is 0 Å². The van der Waals surface area contributed by atoms with Gasteiger partial charge < -0.3 is 9.47 Å². The fourth-order valence-electron chi connectivity index (χ4n) is 3.02. The van der Waals surface area contributed by atoms with E-state index >= 15 is 0 Å².